The summed E-state index contributed by atoms with van der Waals surface area (Å²) in [5, 5.41) is 11.9. The number of carbonyl (C=O) groups is 1. The number of amides is 1. The molecule has 0 radical (unpaired) electrons. The van der Waals surface area contributed by atoms with E-state index in [9.17, 15) is 4.79 Å². The number of benzene rings is 2. The summed E-state index contributed by atoms with van der Waals surface area (Å²) in [6.45, 7) is 4.19. The molecule has 1 N–H and O–H groups in total. The minimum Gasteiger partial charge on any atom is -0.354 e. The lowest BCUT2D eigenvalue weighted by atomic mass is 9.97. The van der Waals surface area contributed by atoms with Crippen LogP contribution in [0.4, 0.5) is 5.82 Å². The van der Waals surface area contributed by atoms with E-state index < -0.39 is 0 Å². The van der Waals surface area contributed by atoms with E-state index in [0.29, 0.717) is 13.1 Å². The Balaban J connectivity index is 1.37. The Morgan fingerprint density at radius 1 is 1.13 bits per heavy atom. The van der Waals surface area contributed by atoms with Crippen LogP contribution in [0, 0.1) is 12.8 Å². The van der Waals surface area contributed by atoms with Crippen LogP contribution in [0.3, 0.4) is 0 Å². The number of nitrogens with one attached hydrogen (secondary N) is 1. The highest BCUT2D eigenvalue weighted by atomic mass is 79.9. The van der Waals surface area contributed by atoms with Crippen LogP contribution >= 0.6 is 15.9 Å². The Bertz CT molecular complexity index is 1000. The van der Waals surface area contributed by atoms with Crippen molar-refractivity contribution in [2.75, 3.05) is 18.0 Å². The summed E-state index contributed by atoms with van der Waals surface area (Å²) in [5.41, 5.74) is 4.23. The van der Waals surface area contributed by atoms with Gasteiger partial charge < -0.3 is 10.2 Å². The van der Waals surface area contributed by atoms with Crippen molar-refractivity contribution in [3.63, 3.8) is 0 Å². The molecule has 1 amide bonds. The molecule has 5 nitrogen and oxygen atoms in total. The molecule has 6 heteroatoms. The van der Waals surface area contributed by atoms with Gasteiger partial charge in [-0.2, -0.15) is 0 Å². The van der Waals surface area contributed by atoms with Gasteiger partial charge in [-0.25, -0.2) is 0 Å². The molecule has 0 saturated carbocycles. The molecule has 1 aliphatic rings. The fourth-order valence-corrected chi connectivity index (χ4v) is 4.05. The van der Waals surface area contributed by atoms with Crippen molar-refractivity contribution >= 4 is 27.7 Å². The van der Waals surface area contributed by atoms with Gasteiger partial charge in [-0.3, -0.25) is 4.79 Å². The van der Waals surface area contributed by atoms with Crippen molar-refractivity contribution in [2.45, 2.75) is 26.3 Å². The zero-order valence-electron chi connectivity index (χ0n) is 17.0. The summed E-state index contributed by atoms with van der Waals surface area (Å²) < 4.78 is 1.04. The largest absolute Gasteiger partial charge is 0.354 e. The Morgan fingerprint density at radius 2 is 1.97 bits per heavy atom. The Hall–Kier alpha value is -2.73. The monoisotopic (exact) mass is 464 g/mol. The Kier molecular flexibility index (Phi) is 6.43. The minimum absolute atomic E-state index is 0.0348. The highest BCUT2D eigenvalue weighted by molar-refractivity contribution is 9.10. The molecule has 0 bridgehead atoms. The van der Waals surface area contributed by atoms with E-state index in [-0.39, 0.29) is 11.8 Å². The van der Waals surface area contributed by atoms with Gasteiger partial charge in [-0.1, -0.05) is 51.8 Å². The van der Waals surface area contributed by atoms with Gasteiger partial charge in [0.25, 0.3) is 0 Å². The molecular formula is C24H25BrN4O. The molecule has 4 rings (SSSR count). The van der Waals surface area contributed by atoms with Crippen LogP contribution < -0.4 is 10.2 Å². The van der Waals surface area contributed by atoms with Crippen LogP contribution in [-0.2, 0) is 11.3 Å². The number of hydrogen-bond donors (Lipinski definition) is 1. The number of carbonyl (C=O) groups excluding carboxylic acids is 1. The zero-order valence-corrected chi connectivity index (χ0v) is 18.6. The van der Waals surface area contributed by atoms with Crippen molar-refractivity contribution in [1.82, 2.24) is 15.5 Å². The molecule has 2 heterocycles. The number of halogens is 1. The summed E-state index contributed by atoms with van der Waals surface area (Å²) in [6, 6.07) is 20.3. The highest BCUT2D eigenvalue weighted by Crippen LogP contribution is 2.24. The van der Waals surface area contributed by atoms with E-state index >= 15 is 0 Å². The maximum atomic E-state index is 12.7. The van der Waals surface area contributed by atoms with Crippen molar-refractivity contribution in [2.24, 2.45) is 5.92 Å². The third kappa shape index (κ3) is 5.05. The predicted octanol–water partition coefficient (Wildman–Crippen LogP) is 4.75. The molecular weight excluding hydrogens is 440 g/mol. The molecule has 1 unspecified atom stereocenters. The molecule has 1 aromatic heterocycles. The lowest BCUT2D eigenvalue weighted by molar-refractivity contribution is -0.125. The smallest absolute Gasteiger partial charge is 0.225 e. The van der Waals surface area contributed by atoms with Crippen molar-refractivity contribution < 1.29 is 4.79 Å². The maximum Gasteiger partial charge on any atom is 0.225 e. The van der Waals surface area contributed by atoms with Crippen LogP contribution in [0.5, 0.6) is 0 Å². The SMILES string of the molecule is Cc1cccc(-c2ccc(N3CCCC(C(=O)NCc4ccc(Br)cc4)C3)nn2)c1. The second-order valence-electron chi connectivity index (χ2n) is 7.78. The zero-order chi connectivity index (χ0) is 20.9. The van der Waals surface area contributed by atoms with Crippen LogP contribution in [0.15, 0.2) is 65.1 Å². The molecule has 1 atom stereocenters. The van der Waals surface area contributed by atoms with Gasteiger partial charge in [-0.05, 0) is 55.7 Å². The average molecular weight is 465 g/mol. The van der Waals surface area contributed by atoms with Gasteiger partial charge in [0.1, 0.15) is 0 Å². The first kappa shape index (κ1) is 20.5. The number of piperidine rings is 1. The molecule has 1 aliphatic heterocycles. The number of nitrogens with zero attached hydrogens (tertiary/aromatic N) is 3. The van der Waals surface area contributed by atoms with Crippen LogP contribution in [0.25, 0.3) is 11.3 Å². The molecule has 2 aromatic carbocycles. The fraction of sp³-hybridized carbons (Fsp3) is 0.292. The quantitative estimate of drug-likeness (QED) is 0.591. The second-order valence-corrected chi connectivity index (χ2v) is 8.69. The lowest BCUT2D eigenvalue weighted by Gasteiger charge is -2.32. The van der Waals surface area contributed by atoms with Gasteiger partial charge in [-0.15, -0.1) is 10.2 Å². The molecule has 30 heavy (non-hydrogen) atoms. The molecule has 3 aromatic rings. The molecule has 154 valence electrons. The number of rotatable bonds is 5. The average Bonchev–Trinajstić information content (AvgIpc) is 2.79. The lowest BCUT2D eigenvalue weighted by Crippen LogP contribution is -2.43. The Labute approximate surface area is 185 Å². The summed E-state index contributed by atoms with van der Waals surface area (Å²) >= 11 is 3.43. The standard InChI is InChI=1S/C24H25BrN4O/c1-17-4-2-5-19(14-17)22-11-12-23(28-27-22)29-13-3-6-20(16-29)24(30)26-15-18-7-9-21(25)10-8-18/h2,4-5,7-12,14,20H,3,6,13,15-16H2,1H3,(H,26,30). The summed E-state index contributed by atoms with van der Waals surface area (Å²) in [6.07, 6.45) is 1.87. The predicted molar refractivity (Wildman–Crippen MR) is 123 cm³/mol. The second kappa shape index (κ2) is 9.39. The number of anilines is 1. The van der Waals surface area contributed by atoms with Crippen molar-refractivity contribution in [3.8, 4) is 11.3 Å². The van der Waals surface area contributed by atoms with E-state index in [2.05, 4.69) is 55.4 Å². The van der Waals surface area contributed by atoms with E-state index in [0.717, 1.165) is 46.5 Å². The normalized spacial score (nSPS) is 16.3. The van der Waals surface area contributed by atoms with Gasteiger partial charge in [0.15, 0.2) is 5.82 Å². The number of aromatic nitrogens is 2. The Morgan fingerprint density at radius 3 is 2.70 bits per heavy atom. The number of hydrogen-bond acceptors (Lipinski definition) is 4. The van der Waals surface area contributed by atoms with E-state index in [4.69, 9.17) is 0 Å². The minimum atomic E-state index is -0.0348. The topological polar surface area (TPSA) is 58.1 Å². The third-order valence-corrected chi connectivity index (χ3v) is 5.99. The van der Waals surface area contributed by atoms with E-state index in [1.807, 2.05) is 48.5 Å². The highest BCUT2D eigenvalue weighted by Gasteiger charge is 2.26. The first-order valence-corrected chi connectivity index (χ1v) is 11.1. The van der Waals surface area contributed by atoms with Gasteiger partial charge in [0.05, 0.1) is 11.6 Å². The summed E-state index contributed by atoms with van der Waals surface area (Å²) in [4.78, 5) is 14.9. The van der Waals surface area contributed by atoms with Gasteiger partial charge in [0, 0.05) is 29.7 Å². The fourth-order valence-electron chi connectivity index (χ4n) is 3.79. The van der Waals surface area contributed by atoms with E-state index in [1.54, 1.807) is 0 Å². The third-order valence-electron chi connectivity index (χ3n) is 5.46. The van der Waals surface area contributed by atoms with Gasteiger partial charge >= 0.3 is 0 Å². The van der Waals surface area contributed by atoms with Crippen LogP contribution in [-0.4, -0.2) is 29.2 Å². The first-order chi connectivity index (χ1) is 14.6. The molecule has 1 saturated heterocycles. The molecule has 0 aliphatic carbocycles. The van der Waals surface area contributed by atoms with Gasteiger partial charge in [0.2, 0.25) is 5.91 Å². The van der Waals surface area contributed by atoms with Crippen LogP contribution in [0.1, 0.15) is 24.0 Å². The first-order valence-electron chi connectivity index (χ1n) is 10.3. The maximum absolute atomic E-state index is 12.7. The summed E-state index contributed by atoms with van der Waals surface area (Å²) in [5.74, 6) is 0.899. The van der Waals surface area contributed by atoms with Crippen molar-refractivity contribution in [1.29, 1.82) is 0 Å². The molecule has 1 fully saturated rings. The number of aryl methyl sites for hydroxylation is 1. The van der Waals surface area contributed by atoms with E-state index in [1.165, 1.54) is 5.56 Å². The van der Waals surface area contributed by atoms with Crippen LogP contribution in [0.2, 0.25) is 0 Å². The van der Waals surface area contributed by atoms with Crippen molar-refractivity contribution in [3.05, 3.63) is 76.3 Å². The summed E-state index contributed by atoms with van der Waals surface area (Å²) in [7, 11) is 0. The molecule has 0 spiro atoms.